The molecule has 2 aromatic carbocycles. The zero-order chi connectivity index (χ0) is 17.3. The molecule has 0 radical (unpaired) electrons. The quantitative estimate of drug-likeness (QED) is 0.388. The van der Waals surface area contributed by atoms with Crippen molar-refractivity contribution in [2.45, 2.75) is 12.8 Å². The summed E-state index contributed by atoms with van der Waals surface area (Å²) in [4.78, 5) is 11.1. The molecule has 0 amide bonds. The van der Waals surface area contributed by atoms with Crippen LogP contribution >= 0.6 is 90.4 Å². The monoisotopic (exact) mass is 762 g/mol. The van der Waals surface area contributed by atoms with Gasteiger partial charge >= 0.3 is 5.97 Å². The second kappa shape index (κ2) is 8.21. The molecule has 0 saturated heterocycles. The minimum Gasteiger partial charge on any atom is -0.506 e. The van der Waals surface area contributed by atoms with Gasteiger partial charge in [0.1, 0.15) is 11.5 Å². The van der Waals surface area contributed by atoms with Gasteiger partial charge in [-0.05, 0) is 127 Å². The maximum Gasteiger partial charge on any atom is 0.310 e. The van der Waals surface area contributed by atoms with E-state index in [4.69, 9.17) is 9.84 Å². The predicted molar refractivity (Wildman–Crippen MR) is 122 cm³/mol. The highest BCUT2D eigenvalue weighted by molar-refractivity contribution is 14.1. The summed E-state index contributed by atoms with van der Waals surface area (Å²) in [6.45, 7) is 1.66. The highest BCUT2D eigenvalue weighted by Crippen LogP contribution is 2.37. The molecule has 0 aliphatic carbocycles. The number of phenolic OH excluding ortho intramolecular Hbond substituents is 1. The van der Waals surface area contributed by atoms with E-state index in [0.29, 0.717) is 18.6 Å². The number of hydrogen-bond acceptors (Lipinski definition) is 3. The van der Waals surface area contributed by atoms with Crippen LogP contribution < -0.4 is 4.74 Å². The van der Waals surface area contributed by atoms with E-state index in [1.54, 1.807) is 19.1 Å². The summed E-state index contributed by atoms with van der Waals surface area (Å²) in [5.41, 5.74) is 0.744. The van der Waals surface area contributed by atoms with E-state index in [9.17, 15) is 9.90 Å². The summed E-state index contributed by atoms with van der Waals surface area (Å²) in [5.74, 6) is 0.138. The topological polar surface area (TPSA) is 66.8 Å². The Morgan fingerprint density at radius 2 is 1.48 bits per heavy atom. The van der Waals surface area contributed by atoms with Crippen molar-refractivity contribution >= 4 is 96.3 Å². The van der Waals surface area contributed by atoms with Crippen molar-refractivity contribution in [3.8, 4) is 17.2 Å². The van der Waals surface area contributed by atoms with Crippen LogP contribution in [-0.2, 0) is 4.79 Å². The minimum absolute atomic E-state index is 0.244. The number of ether oxygens (including phenoxy) is 1. The van der Waals surface area contributed by atoms with Crippen LogP contribution in [0.4, 0.5) is 0 Å². The smallest absolute Gasteiger partial charge is 0.310 e. The van der Waals surface area contributed by atoms with Gasteiger partial charge in [0.15, 0.2) is 5.75 Å². The van der Waals surface area contributed by atoms with Gasteiger partial charge < -0.3 is 14.9 Å². The van der Waals surface area contributed by atoms with E-state index >= 15 is 0 Å². The lowest BCUT2D eigenvalue weighted by Crippen LogP contribution is -2.08. The number of aromatic hydroxyl groups is 1. The second-order valence-corrected chi connectivity index (χ2v) is 9.36. The van der Waals surface area contributed by atoms with Crippen molar-refractivity contribution < 1.29 is 19.7 Å². The lowest BCUT2D eigenvalue weighted by atomic mass is 10.0. The van der Waals surface area contributed by atoms with Gasteiger partial charge in [0.05, 0.1) is 20.2 Å². The summed E-state index contributed by atoms with van der Waals surface area (Å²) in [5, 5.41) is 19.0. The molecule has 4 nitrogen and oxygen atoms in total. The molecule has 0 bridgehead atoms. The van der Waals surface area contributed by atoms with Crippen molar-refractivity contribution in [1.82, 2.24) is 0 Å². The van der Waals surface area contributed by atoms with Gasteiger partial charge in [-0.3, -0.25) is 4.79 Å². The number of rotatable bonds is 4. The van der Waals surface area contributed by atoms with Gasteiger partial charge in [-0.2, -0.15) is 0 Å². The summed E-state index contributed by atoms with van der Waals surface area (Å²) in [6.07, 6.45) is 0. The largest absolute Gasteiger partial charge is 0.506 e. The second-order valence-electron chi connectivity index (χ2n) is 4.71. The Hall–Kier alpha value is 0.430. The Morgan fingerprint density at radius 1 is 1.00 bits per heavy atom. The van der Waals surface area contributed by atoms with E-state index in [-0.39, 0.29) is 5.75 Å². The summed E-state index contributed by atoms with van der Waals surface area (Å²) >= 11 is 8.39. The summed E-state index contributed by atoms with van der Waals surface area (Å²) in [6, 6.07) is 7.18. The molecule has 2 aromatic rings. The van der Waals surface area contributed by atoms with Crippen molar-refractivity contribution in [2.24, 2.45) is 0 Å². The molecule has 8 heteroatoms. The third-order valence-electron chi connectivity index (χ3n) is 3.10. The fourth-order valence-corrected chi connectivity index (χ4v) is 5.54. The molecule has 0 aliphatic rings. The first-order valence-corrected chi connectivity index (χ1v) is 10.6. The molecule has 0 saturated carbocycles. The Morgan fingerprint density at radius 3 is 1.91 bits per heavy atom. The molecule has 0 aromatic heterocycles. The number of aliphatic carboxylic acids is 1. The Balaban J connectivity index is 2.40. The van der Waals surface area contributed by atoms with Crippen LogP contribution in [0.15, 0.2) is 24.3 Å². The Bertz CT molecular complexity index is 730. The third kappa shape index (κ3) is 4.74. The SMILES string of the molecule is CC(C(=O)O)c1cc(I)c(Oc2cc(I)c(O)c(I)c2)c(I)c1. The van der Waals surface area contributed by atoms with Gasteiger partial charge in [0.2, 0.25) is 0 Å². The maximum absolute atomic E-state index is 11.1. The Kier molecular flexibility index (Phi) is 7.05. The molecule has 0 fully saturated rings. The molecule has 0 heterocycles. The standard InChI is InChI=1S/C15H10I4O4/c1-6(15(21)22)7-2-11(18)14(12(19)3-7)23-8-4-9(16)13(20)10(17)5-8/h2-6,20H,1H3,(H,21,22). The minimum atomic E-state index is -0.854. The van der Waals surface area contributed by atoms with Crippen molar-refractivity contribution in [1.29, 1.82) is 0 Å². The molecule has 0 aliphatic heterocycles. The fourth-order valence-electron chi connectivity index (χ4n) is 1.79. The average Bonchev–Trinajstić information content (AvgIpc) is 2.47. The number of carboxylic acids is 1. The fraction of sp³-hybridized carbons (Fsp3) is 0.133. The zero-order valence-corrected chi connectivity index (χ0v) is 20.2. The summed E-state index contributed by atoms with van der Waals surface area (Å²) in [7, 11) is 0. The van der Waals surface area contributed by atoms with E-state index in [1.165, 1.54) is 0 Å². The molecule has 1 unspecified atom stereocenters. The first-order chi connectivity index (χ1) is 10.7. The predicted octanol–water partition coefficient (Wildman–Crippen LogP) is 5.79. The number of benzene rings is 2. The van der Waals surface area contributed by atoms with Gasteiger partial charge in [-0.25, -0.2) is 0 Å². The average molecular weight is 762 g/mol. The molecule has 23 heavy (non-hydrogen) atoms. The van der Waals surface area contributed by atoms with Crippen LogP contribution in [0.1, 0.15) is 18.4 Å². The maximum atomic E-state index is 11.1. The van der Waals surface area contributed by atoms with Crippen LogP contribution in [0.3, 0.4) is 0 Å². The number of halogens is 4. The van der Waals surface area contributed by atoms with Crippen molar-refractivity contribution in [2.75, 3.05) is 0 Å². The van der Waals surface area contributed by atoms with E-state index in [2.05, 4.69) is 90.4 Å². The summed E-state index contributed by atoms with van der Waals surface area (Å²) < 4.78 is 9.08. The van der Waals surface area contributed by atoms with E-state index < -0.39 is 11.9 Å². The molecule has 2 rings (SSSR count). The highest BCUT2D eigenvalue weighted by Gasteiger charge is 2.18. The van der Waals surface area contributed by atoms with Crippen LogP contribution in [0.2, 0.25) is 0 Å². The van der Waals surface area contributed by atoms with Gasteiger partial charge in [0, 0.05) is 0 Å². The number of carboxylic acid groups (broad SMARTS) is 1. The molecule has 2 N–H and O–H groups in total. The van der Waals surface area contributed by atoms with Gasteiger partial charge in [-0.1, -0.05) is 0 Å². The molecular weight excluding hydrogens is 752 g/mol. The molecular formula is C15H10I4O4. The van der Waals surface area contributed by atoms with E-state index in [1.807, 2.05) is 12.1 Å². The lowest BCUT2D eigenvalue weighted by Gasteiger charge is -2.14. The molecule has 1 atom stereocenters. The number of carbonyl (C=O) groups is 1. The van der Waals surface area contributed by atoms with Crippen LogP contribution in [0, 0.1) is 14.3 Å². The first kappa shape index (κ1) is 19.8. The van der Waals surface area contributed by atoms with Crippen molar-refractivity contribution in [3.63, 3.8) is 0 Å². The first-order valence-electron chi connectivity index (χ1n) is 6.28. The van der Waals surface area contributed by atoms with Gasteiger partial charge in [-0.15, -0.1) is 0 Å². The van der Waals surface area contributed by atoms with Crippen LogP contribution in [0.25, 0.3) is 0 Å². The molecule has 122 valence electrons. The molecule has 0 spiro atoms. The Labute approximate surface area is 187 Å². The van der Waals surface area contributed by atoms with E-state index in [0.717, 1.165) is 12.7 Å². The van der Waals surface area contributed by atoms with Crippen molar-refractivity contribution in [3.05, 3.63) is 44.1 Å². The normalized spacial score (nSPS) is 12.0. The highest BCUT2D eigenvalue weighted by atomic mass is 127. The third-order valence-corrected chi connectivity index (χ3v) is 6.35. The van der Waals surface area contributed by atoms with Crippen LogP contribution in [-0.4, -0.2) is 16.2 Å². The van der Waals surface area contributed by atoms with Gasteiger partial charge in [0.25, 0.3) is 0 Å². The lowest BCUT2D eigenvalue weighted by molar-refractivity contribution is -0.138. The van der Waals surface area contributed by atoms with Crippen LogP contribution in [0.5, 0.6) is 17.2 Å². The number of phenols is 1. The number of hydrogen-bond donors (Lipinski definition) is 2. The zero-order valence-electron chi connectivity index (χ0n) is 11.6.